The average molecular weight is 522 g/mol. The number of phenolic OH excluding ortho intramolecular Hbond substituents is 1. The van der Waals surface area contributed by atoms with Crippen molar-refractivity contribution >= 4 is 34.7 Å². The fraction of sp³-hybridized carbons (Fsp3) is 0.241. The van der Waals surface area contributed by atoms with Crippen LogP contribution < -0.4 is 14.4 Å². The molecule has 0 saturated carbocycles. The van der Waals surface area contributed by atoms with Gasteiger partial charge in [-0.2, -0.15) is 0 Å². The smallest absolute Gasteiger partial charge is 0.300 e. The normalized spacial score (nSPS) is 17.2. The third kappa shape index (κ3) is 4.62. The summed E-state index contributed by atoms with van der Waals surface area (Å²) in [5.41, 5.74) is 1.59. The largest absolute Gasteiger partial charge is 0.507 e. The molecule has 192 valence electrons. The zero-order valence-electron chi connectivity index (χ0n) is 21.2. The Bertz CT molecular complexity index is 1410. The predicted octanol–water partition coefficient (Wildman–Crippen LogP) is 5.99. The number of carbonyl (C=O) groups excluding carboxylic acids is 2. The van der Waals surface area contributed by atoms with E-state index >= 15 is 0 Å². The van der Waals surface area contributed by atoms with Gasteiger partial charge in [-0.1, -0.05) is 50.6 Å². The van der Waals surface area contributed by atoms with E-state index in [1.54, 1.807) is 55.6 Å². The fourth-order valence-electron chi connectivity index (χ4n) is 4.51. The summed E-state index contributed by atoms with van der Waals surface area (Å²) in [4.78, 5) is 28.1. The lowest BCUT2D eigenvalue weighted by molar-refractivity contribution is -0.132. The molecule has 1 unspecified atom stereocenters. The Labute approximate surface area is 220 Å². The molecule has 7 nitrogen and oxygen atoms in total. The highest BCUT2D eigenvalue weighted by Crippen LogP contribution is 2.46. The van der Waals surface area contributed by atoms with Crippen molar-refractivity contribution in [3.05, 3.63) is 87.9 Å². The lowest BCUT2D eigenvalue weighted by Gasteiger charge is -2.26. The third-order valence-corrected chi connectivity index (χ3v) is 6.63. The fourth-order valence-corrected chi connectivity index (χ4v) is 4.73. The minimum atomic E-state index is -1.03. The van der Waals surface area contributed by atoms with Crippen molar-refractivity contribution in [2.75, 3.05) is 19.1 Å². The summed E-state index contributed by atoms with van der Waals surface area (Å²) < 4.78 is 10.8. The minimum absolute atomic E-state index is 0.0209. The van der Waals surface area contributed by atoms with Gasteiger partial charge in [0.05, 0.1) is 30.9 Å². The molecule has 1 saturated heterocycles. The molecule has 37 heavy (non-hydrogen) atoms. The Balaban J connectivity index is 2.01. The van der Waals surface area contributed by atoms with Gasteiger partial charge in [0.1, 0.15) is 11.5 Å². The first kappa shape index (κ1) is 26.1. The second kappa shape index (κ2) is 9.82. The summed E-state index contributed by atoms with van der Waals surface area (Å²) in [5.74, 6) is -1.54. The minimum Gasteiger partial charge on any atom is -0.507 e. The van der Waals surface area contributed by atoms with Gasteiger partial charge in [0.2, 0.25) is 0 Å². The highest BCUT2D eigenvalue weighted by molar-refractivity contribution is 6.51. The first-order valence-electron chi connectivity index (χ1n) is 11.6. The van der Waals surface area contributed by atoms with E-state index in [-0.39, 0.29) is 33.3 Å². The molecule has 1 aliphatic rings. The van der Waals surface area contributed by atoms with E-state index in [1.807, 2.05) is 20.8 Å². The van der Waals surface area contributed by atoms with Crippen LogP contribution in [0, 0.1) is 0 Å². The number of ketones is 1. The van der Waals surface area contributed by atoms with E-state index in [1.165, 1.54) is 24.1 Å². The number of para-hydroxylation sites is 1. The second-order valence-corrected chi connectivity index (χ2v) is 10.1. The van der Waals surface area contributed by atoms with Crippen LogP contribution in [0.3, 0.4) is 0 Å². The SMILES string of the molecule is COc1ccc(/C(O)=C2\C(=O)C(=O)N(c3ccccc3)C2c2cc(Cl)c(O)c(OC)c2)cc1C(C)(C)C. The number of ether oxygens (including phenoxy) is 2. The standard InChI is InChI=1S/C29H28ClNO6/c1-29(2,3)19-13-16(11-12-21(19)36-4)25(32)23-24(17-14-20(30)26(33)22(15-17)37-5)31(28(35)27(23)34)18-9-7-6-8-10-18/h6-15,24,32-33H,1-5H3/b25-23+. The van der Waals surface area contributed by atoms with Crippen molar-refractivity contribution in [2.24, 2.45) is 0 Å². The molecule has 0 aliphatic carbocycles. The maximum atomic E-state index is 13.5. The van der Waals surface area contributed by atoms with Crippen LogP contribution in [0.2, 0.25) is 5.02 Å². The van der Waals surface area contributed by atoms with Crippen LogP contribution in [0.1, 0.15) is 43.5 Å². The predicted molar refractivity (Wildman–Crippen MR) is 143 cm³/mol. The number of benzene rings is 3. The van der Waals surface area contributed by atoms with Crippen LogP contribution in [0.5, 0.6) is 17.2 Å². The van der Waals surface area contributed by atoms with Gasteiger partial charge in [-0.15, -0.1) is 0 Å². The van der Waals surface area contributed by atoms with E-state index in [9.17, 15) is 19.8 Å². The molecule has 0 spiro atoms. The molecule has 1 aliphatic heterocycles. The molecule has 1 fully saturated rings. The van der Waals surface area contributed by atoms with Crippen LogP contribution in [-0.4, -0.2) is 36.1 Å². The number of aliphatic hydroxyl groups is 1. The number of aromatic hydroxyl groups is 1. The number of aliphatic hydroxyl groups excluding tert-OH is 1. The van der Waals surface area contributed by atoms with Crippen LogP contribution >= 0.6 is 11.6 Å². The number of anilines is 1. The van der Waals surface area contributed by atoms with Crippen molar-refractivity contribution in [1.29, 1.82) is 0 Å². The van der Waals surface area contributed by atoms with Crippen LogP contribution in [0.15, 0.2) is 66.2 Å². The maximum absolute atomic E-state index is 13.5. The molecule has 1 amide bonds. The van der Waals surface area contributed by atoms with Crippen molar-refractivity contribution in [1.82, 2.24) is 0 Å². The summed E-state index contributed by atoms with van der Waals surface area (Å²) in [7, 11) is 2.94. The molecular weight excluding hydrogens is 494 g/mol. The van der Waals surface area contributed by atoms with E-state index in [0.717, 1.165) is 5.56 Å². The first-order chi connectivity index (χ1) is 17.5. The van der Waals surface area contributed by atoms with E-state index < -0.39 is 17.7 Å². The monoisotopic (exact) mass is 521 g/mol. The number of amides is 1. The summed E-state index contributed by atoms with van der Waals surface area (Å²) in [6.45, 7) is 6.02. The number of methoxy groups -OCH3 is 2. The molecule has 1 heterocycles. The number of hydrogen-bond donors (Lipinski definition) is 2. The van der Waals surface area contributed by atoms with E-state index in [0.29, 0.717) is 22.6 Å². The van der Waals surface area contributed by atoms with Gasteiger partial charge in [-0.3, -0.25) is 14.5 Å². The van der Waals surface area contributed by atoms with Gasteiger partial charge in [0.25, 0.3) is 11.7 Å². The average Bonchev–Trinajstić information content (AvgIpc) is 3.15. The number of Topliss-reactive ketones (excluding diaryl/α,β-unsaturated/α-hetero) is 1. The van der Waals surface area contributed by atoms with Crippen molar-refractivity contribution in [3.8, 4) is 17.2 Å². The number of halogens is 1. The Kier molecular flexibility index (Phi) is 6.93. The molecule has 1 atom stereocenters. The molecule has 4 rings (SSSR count). The molecule has 3 aromatic rings. The van der Waals surface area contributed by atoms with Gasteiger partial charge in [-0.05, 0) is 53.4 Å². The Morgan fingerprint density at radius 3 is 2.19 bits per heavy atom. The molecular formula is C29H28ClNO6. The third-order valence-electron chi connectivity index (χ3n) is 6.35. The van der Waals surface area contributed by atoms with Crippen LogP contribution in [-0.2, 0) is 15.0 Å². The molecule has 0 radical (unpaired) electrons. The lowest BCUT2D eigenvalue weighted by atomic mass is 9.84. The Morgan fingerprint density at radius 2 is 1.59 bits per heavy atom. The Morgan fingerprint density at radius 1 is 0.946 bits per heavy atom. The topological polar surface area (TPSA) is 96.3 Å². The van der Waals surface area contributed by atoms with Gasteiger partial charge in [-0.25, -0.2) is 0 Å². The van der Waals surface area contributed by atoms with Gasteiger partial charge >= 0.3 is 0 Å². The van der Waals surface area contributed by atoms with Gasteiger partial charge in [0, 0.05) is 16.8 Å². The van der Waals surface area contributed by atoms with Crippen LogP contribution in [0.4, 0.5) is 5.69 Å². The highest BCUT2D eigenvalue weighted by atomic mass is 35.5. The number of hydrogen-bond acceptors (Lipinski definition) is 6. The summed E-state index contributed by atoms with van der Waals surface area (Å²) in [6.07, 6.45) is 0. The first-order valence-corrected chi connectivity index (χ1v) is 12.0. The van der Waals surface area contributed by atoms with Crippen molar-refractivity contribution in [3.63, 3.8) is 0 Å². The van der Waals surface area contributed by atoms with Crippen molar-refractivity contribution in [2.45, 2.75) is 32.2 Å². The maximum Gasteiger partial charge on any atom is 0.300 e. The number of rotatable bonds is 5. The van der Waals surface area contributed by atoms with Gasteiger partial charge in [0.15, 0.2) is 11.5 Å². The summed E-state index contributed by atoms with van der Waals surface area (Å²) in [5, 5.41) is 21.8. The van der Waals surface area contributed by atoms with E-state index in [4.69, 9.17) is 21.1 Å². The molecule has 2 N–H and O–H groups in total. The lowest BCUT2D eigenvalue weighted by Crippen LogP contribution is -2.29. The Hall–Kier alpha value is -3.97. The number of phenols is 1. The molecule has 3 aromatic carbocycles. The second-order valence-electron chi connectivity index (χ2n) is 9.72. The quantitative estimate of drug-likeness (QED) is 0.243. The van der Waals surface area contributed by atoms with Crippen molar-refractivity contribution < 1.29 is 29.3 Å². The zero-order chi connectivity index (χ0) is 27.1. The summed E-state index contributed by atoms with van der Waals surface area (Å²) >= 11 is 6.28. The number of carbonyl (C=O) groups is 2. The molecule has 0 aromatic heterocycles. The van der Waals surface area contributed by atoms with Crippen LogP contribution in [0.25, 0.3) is 5.76 Å². The van der Waals surface area contributed by atoms with Gasteiger partial charge < -0.3 is 19.7 Å². The zero-order valence-corrected chi connectivity index (χ0v) is 22.0. The summed E-state index contributed by atoms with van der Waals surface area (Å²) in [6, 6.07) is 15.7. The van der Waals surface area contributed by atoms with E-state index in [2.05, 4.69) is 0 Å². The molecule has 8 heteroatoms. The number of nitrogens with zero attached hydrogens (tertiary/aromatic N) is 1. The highest BCUT2D eigenvalue weighted by Gasteiger charge is 2.47. The molecule has 0 bridgehead atoms.